The molecule has 0 fully saturated rings. The number of halogens is 2. The highest BCUT2D eigenvalue weighted by molar-refractivity contribution is 7.15. The second kappa shape index (κ2) is 7.56. The van der Waals surface area contributed by atoms with Crippen molar-refractivity contribution in [1.82, 2.24) is 10.3 Å². The molecular formula is C19H16Cl2N2OS. The van der Waals surface area contributed by atoms with Crippen LogP contribution < -0.4 is 5.32 Å². The largest absolute Gasteiger partial charge is 0.347 e. The third-order valence-corrected chi connectivity index (χ3v) is 5.79. The Morgan fingerprint density at radius 2 is 1.88 bits per heavy atom. The molecule has 0 spiro atoms. The number of rotatable bonds is 4. The van der Waals surface area contributed by atoms with E-state index in [0.29, 0.717) is 22.2 Å². The maximum absolute atomic E-state index is 12.3. The summed E-state index contributed by atoms with van der Waals surface area (Å²) in [6, 6.07) is 13.0. The molecule has 128 valence electrons. The zero-order valence-corrected chi connectivity index (χ0v) is 16.1. The summed E-state index contributed by atoms with van der Waals surface area (Å²) in [6.07, 6.45) is 0. The Balaban J connectivity index is 1.74. The number of carbonyl (C=O) groups is 1. The highest BCUT2D eigenvalue weighted by atomic mass is 35.5. The minimum absolute atomic E-state index is 0.191. The number of carbonyl (C=O) groups excluding carboxylic acids is 1. The van der Waals surface area contributed by atoms with Crippen LogP contribution in [-0.2, 0) is 6.54 Å². The van der Waals surface area contributed by atoms with E-state index in [1.165, 1.54) is 5.56 Å². The molecule has 0 bridgehead atoms. The number of hydrogen-bond donors (Lipinski definition) is 1. The summed E-state index contributed by atoms with van der Waals surface area (Å²) in [7, 11) is 0. The Labute approximate surface area is 160 Å². The number of amides is 1. The van der Waals surface area contributed by atoms with Gasteiger partial charge in [0, 0.05) is 16.0 Å². The van der Waals surface area contributed by atoms with Crippen LogP contribution in [0.2, 0.25) is 10.0 Å². The lowest BCUT2D eigenvalue weighted by molar-refractivity contribution is 0.0951. The number of benzene rings is 2. The zero-order valence-electron chi connectivity index (χ0n) is 13.8. The number of nitrogens with one attached hydrogen (secondary N) is 1. The van der Waals surface area contributed by atoms with Gasteiger partial charge in [0.25, 0.3) is 5.91 Å². The molecule has 1 heterocycles. The van der Waals surface area contributed by atoms with E-state index >= 15 is 0 Å². The molecule has 0 aliphatic heterocycles. The molecule has 0 aliphatic rings. The lowest BCUT2D eigenvalue weighted by Gasteiger charge is -2.05. The minimum Gasteiger partial charge on any atom is -0.347 e. The molecule has 3 rings (SSSR count). The van der Waals surface area contributed by atoms with Gasteiger partial charge in [-0.1, -0.05) is 47.5 Å². The van der Waals surface area contributed by atoms with E-state index in [9.17, 15) is 4.79 Å². The molecule has 1 amide bonds. The smallest absolute Gasteiger partial charge is 0.251 e. The lowest BCUT2D eigenvalue weighted by atomic mass is 10.1. The van der Waals surface area contributed by atoms with Gasteiger partial charge in [-0.25, -0.2) is 4.98 Å². The second-order valence-corrected chi connectivity index (χ2v) is 7.55. The van der Waals surface area contributed by atoms with Crippen LogP contribution in [-0.4, -0.2) is 10.9 Å². The summed E-state index contributed by atoms with van der Waals surface area (Å²) >= 11 is 13.4. The van der Waals surface area contributed by atoms with Crippen LogP contribution in [0.3, 0.4) is 0 Å². The molecule has 1 N–H and O–H groups in total. The summed E-state index contributed by atoms with van der Waals surface area (Å²) in [5.41, 5.74) is 3.72. The van der Waals surface area contributed by atoms with Gasteiger partial charge in [0.1, 0.15) is 5.01 Å². The van der Waals surface area contributed by atoms with Crippen molar-refractivity contribution in [2.24, 2.45) is 0 Å². The normalized spacial score (nSPS) is 10.7. The maximum Gasteiger partial charge on any atom is 0.251 e. The molecule has 1 aromatic heterocycles. The van der Waals surface area contributed by atoms with E-state index in [4.69, 9.17) is 23.2 Å². The molecule has 0 radical (unpaired) electrons. The van der Waals surface area contributed by atoms with Crippen molar-refractivity contribution < 1.29 is 4.79 Å². The Bertz CT molecular complexity index is 937. The van der Waals surface area contributed by atoms with Crippen LogP contribution in [0.15, 0.2) is 42.5 Å². The van der Waals surface area contributed by atoms with Crippen molar-refractivity contribution in [2.45, 2.75) is 20.4 Å². The van der Waals surface area contributed by atoms with E-state index in [1.54, 1.807) is 29.5 Å². The first-order chi connectivity index (χ1) is 12.0. The first-order valence-corrected chi connectivity index (χ1v) is 9.28. The molecule has 6 heteroatoms. The molecule has 25 heavy (non-hydrogen) atoms. The summed E-state index contributed by atoms with van der Waals surface area (Å²) in [5.74, 6) is -0.191. The summed E-state index contributed by atoms with van der Waals surface area (Å²) < 4.78 is 0. The van der Waals surface area contributed by atoms with Gasteiger partial charge in [-0.3, -0.25) is 4.79 Å². The van der Waals surface area contributed by atoms with Gasteiger partial charge in [-0.15, -0.1) is 11.3 Å². The molecule has 3 nitrogen and oxygen atoms in total. The average molecular weight is 391 g/mol. The standard InChI is InChI=1S/C19H16Cl2N2OS/c1-11-5-3-4-6-14(11)19-23-12(2)17(25-19)10-22-18(24)13-7-8-15(20)16(21)9-13/h3-9H,10H2,1-2H3,(H,22,24). The van der Waals surface area contributed by atoms with Crippen LogP contribution in [0.4, 0.5) is 0 Å². The predicted molar refractivity (Wildman–Crippen MR) is 105 cm³/mol. The third-order valence-electron chi connectivity index (χ3n) is 3.86. The van der Waals surface area contributed by atoms with E-state index in [0.717, 1.165) is 21.1 Å². The van der Waals surface area contributed by atoms with E-state index in [2.05, 4.69) is 29.4 Å². The lowest BCUT2D eigenvalue weighted by Crippen LogP contribution is -2.22. The molecule has 2 aromatic carbocycles. The predicted octanol–water partition coefficient (Wildman–Crippen LogP) is 5.66. The molecule has 0 unspecified atom stereocenters. The minimum atomic E-state index is -0.191. The topological polar surface area (TPSA) is 42.0 Å². The van der Waals surface area contributed by atoms with Gasteiger partial charge in [0.2, 0.25) is 0 Å². The monoisotopic (exact) mass is 390 g/mol. The number of nitrogens with zero attached hydrogens (tertiary/aromatic N) is 1. The van der Waals surface area contributed by atoms with E-state index < -0.39 is 0 Å². The molecule has 3 aromatic rings. The van der Waals surface area contributed by atoms with Crippen LogP contribution in [0.25, 0.3) is 10.6 Å². The van der Waals surface area contributed by atoms with Gasteiger partial charge in [0.15, 0.2) is 0 Å². The summed E-state index contributed by atoms with van der Waals surface area (Å²) in [5, 5.41) is 4.67. The maximum atomic E-state index is 12.3. The van der Waals surface area contributed by atoms with Crippen molar-refractivity contribution in [3.8, 4) is 10.6 Å². The van der Waals surface area contributed by atoms with Gasteiger partial charge in [-0.05, 0) is 37.6 Å². The molecular weight excluding hydrogens is 375 g/mol. The first kappa shape index (κ1) is 17.9. The number of aryl methyl sites for hydroxylation is 2. The SMILES string of the molecule is Cc1ccccc1-c1nc(C)c(CNC(=O)c2ccc(Cl)c(Cl)c2)s1. The quantitative estimate of drug-likeness (QED) is 0.623. The molecule has 0 atom stereocenters. The number of aromatic nitrogens is 1. The van der Waals surface area contributed by atoms with Crippen molar-refractivity contribution in [3.05, 3.63) is 74.2 Å². The fourth-order valence-corrected chi connectivity index (χ4v) is 3.81. The Kier molecular flexibility index (Phi) is 5.42. The fourth-order valence-electron chi connectivity index (χ4n) is 2.42. The van der Waals surface area contributed by atoms with Gasteiger partial charge >= 0.3 is 0 Å². The van der Waals surface area contributed by atoms with Crippen molar-refractivity contribution in [2.75, 3.05) is 0 Å². The van der Waals surface area contributed by atoms with Crippen LogP contribution in [0.1, 0.15) is 26.5 Å². The Morgan fingerprint density at radius 1 is 1.12 bits per heavy atom. The highest BCUT2D eigenvalue weighted by Crippen LogP contribution is 2.30. The van der Waals surface area contributed by atoms with Crippen LogP contribution in [0.5, 0.6) is 0 Å². The summed E-state index contributed by atoms with van der Waals surface area (Å²) in [4.78, 5) is 18.0. The molecule has 0 saturated heterocycles. The highest BCUT2D eigenvalue weighted by Gasteiger charge is 2.13. The number of thiazole rings is 1. The zero-order chi connectivity index (χ0) is 18.0. The average Bonchev–Trinajstić information content (AvgIpc) is 2.96. The molecule has 0 saturated carbocycles. The van der Waals surface area contributed by atoms with E-state index in [-0.39, 0.29) is 5.91 Å². The Hall–Kier alpha value is -1.88. The fraction of sp³-hybridized carbons (Fsp3) is 0.158. The van der Waals surface area contributed by atoms with Gasteiger partial charge < -0.3 is 5.32 Å². The van der Waals surface area contributed by atoms with Crippen molar-refractivity contribution >= 4 is 40.4 Å². The third kappa shape index (κ3) is 4.03. The van der Waals surface area contributed by atoms with Gasteiger partial charge in [-0.2, -0.15) is 0 Å². The van der Waals surface area contributed by atoms with Crippen molar-refractivity contribution in [3.63, 3.8) is 0 Å². The first-order valence-electron chi connectivity index (χ1n) is 7.71. The number of hydrogen-bond acceptors (Lipinski definition) is 3. The molecule has 0 aliphatic carbocycles. The van der Waals surface area contributed by atoms with E-state index in [1.807, 2.05) is 19.1 Å². The second-order valence-electron chi connectivity index (χ2n) is 5.65. The van der Waals surface area contributed by atoms with Crippen LogP contribution >= 0.6 is 34.5 Å². The van der Waals surface area contributed by atoms with Gasteiger partial charge in [0.05, 0.1) is 22.3 Å². The Morgan fingerprint density at radius 3 is 2.60 bits per heavy atom. The van der Waals surface area contributed by atoms with Crippen molar-refractivity contribution in [1.29, 1.82) is 0 Å². The van der Waals surface area contributed by atoms with Crippen LogP contribution in [0, 0.1) is 13.8 Å². The summed E-state index contributed by atoms with van der Waals surface area (Å²) in [6.45, 7) is 4.45.